The minimum Gasteiger partial charge on any atom is -0.303 e. The first-order valence-corrected chi connectivity index (χ1v) is 6.22. The number of hydrogen-bond acceptors (Lipinski definition) is 1. The van der Waals surface area contributed by atoms with Crippen molar-refractivity contribution in [3.8, 4) is 0 Å². The summed E-state index contributed by atoms with van der Waals surface area (Å²) in [4.78, 5) is 10.8. The summed E-state index contributed by atoms with van der Waals surface area (Å²) in [5.74, 6) is 0.724. The molecule has 0 heterocycles. The summed E-state index contributed by atoms with van der Waals surface area (Å²) in [7, 11) is 0. The molecule has 1 aliphatic carbocycles. The van der Waals surface area contributed by atoms with Crippen LogP contribution in [0.3, 0.4) is 0 Å². The second-order valence-electron chi connectivity index (χ2n) is 4.41. The van der Waals surface area contributed by atoms with Gasteiger partial charge in [0, 0.05) is 10.4 Å². The molecule has 0 saturated carbocycles. The lowest BCUT2D eigenvalue weighted by Crippen LogP contribution is -2.21. The summed E-state index contributed by atoms with van der Waals surface area (Å²) in [6, 6.07) is 6.49. The second kappa shape index (κ2) is 4.48. The molecule has 2 atom stereocenters. The minimum atomic E-state index is 0.192. The number of rotatable bonds is 2. The van der Waals surface area contributed by atoms with Crippen LogP contribution >= 0.6 is 15.9 Å². The maximum atomic E-state index is 10.8. The lowest BCUT2D eigenvalue weighted by atomic mass is 9.78. The van der Waals surface area contributed by atoms with E-state index in [4.69, 9.17) is 0 Å². The van der Waals surface area contributed by atoms with Crippen molar-refractivity contribution >= 4 is 22.2 Å². The highest BCUT2D eigenvalue weighted by Crippen LogP contribution is 2.31. The van der Waals surface area contributed by atoms with Crippen molar-refractivity contribution < 1.29 is 4.79 Å². The van der Waals surface area contributed by atoms with Gasteiger partial charge in [-0.2, -0.15) is 0 Å². The maximum Gasteiger partial charge on any atom is 0.123 e. The van der Waals surface area contributed by atoms with Gasteiger partial charge in [0.15, 0.2) is 0 Å². The average molecular weight is 267 g/mol. The fourth-order valence-corrected chi connectivity index (χ4v) is 2.72. The smallest absolute Gasteiger partial charge is 0.123 e. The molecule has 15 heavy (non-hydrogen) atoms. The largest absolute Gasteiger partial charge is 0.303 e. The number of carbonyl (C=O) groups is 1. The van der Waals surface area contributed by atoms with Crippen LogP contribution in [0.2, 0.25) is 0 Å². The monoisotopic (exact) mass is 266 g/mol. The van der Waals surface area contributed by atoms with Crippen LogP contribution in [0.4, 0.5) is 0 Å². The molecule has 1 aromatic carbocycles. The summed E-state index contributed by atoms with van der Waals surface area (Å²) >= 11 is 3.49. The number of fused-ring (bicyclic) bond motifs is 1. The second-order valence-corrected chi connectivity index (χ2v) is 5.33. The summed E-state index contributed by atoms with van der Waals surface area (Å²) in [6.45, 7) is 2.03. The summed E-state index contributed by atoms with van der Waals surface area (Å²) in [5, 5.41) is 0. The van der Waals surface area contributed by atoms with E-state index in [9.17, 15) is 4.79 Å². The van der Waals surface area contributed by atoms with Crippen molar-refractivity contribution in [3.05, 3.63) is 33.8 Å². The van der Waals surface area contributed by atoms with Crippen LogP contribution in [0.5, 0.6) is 0 Å². The van der Waals surface area contributed by atoms with E-state index >= 15 is 0 Å². The summed E-state index contributed by atoms with van der Waals surface area (Å²) < 4.78 is 1.14. The molecule has 80 valence electrons. The standard InChI is InChI=1S/C13H15BrO/c1-9(8-15)11-3-2-10-4-5-13(14)7-12(10)6-11/h4-5,7-9,11H,2-3,6H2,1H3. The Hall–Kier alpha value is -0.630. The van der Waals surface area contributed by atoms with E-state index in [1.165, 1.54) is 11.1 Å². The number of halogens is 1. The zero-order valence-electron chi connectivity index (χ0n) is 8.87. The van der Waals surface area contributed by atoms with E-state index in [-0.39, 0.29) is 5.92 Å². The highest BCUT2D eigenvalue weighted by molar-refractivity contribution is 9.10. The molecule has 2 rings (SSSR count). The Morgan fingerprint density at radius 1 is 1.47 bits per heavy atom. The van der Waals surface area contributed by atoms with Gasteiger partial charge in [-0.05, 0) is 48.4 Å². The Kier molecular flexibility index (Phi) is 3.25. The highest BCUT2D eigenvalue weighted by Gasteiger charge is 2.23. The first kappa shape index (κ1) is 10.9. The molecule has 0 spiro atoms. The number of hydrogen-bond donors (Lipinski definition) is 0. The van der Waals surface area contributed by atoms with Crippen molar-refractivity contribution in [1.82, 2.24) is 0 Å². The molecule has 0 aromatic heterocycles. The van der Waals surface area contributed by atoms with Gasteiger partial charge >= 0.3 is 0 Å². The quantitative estimate of drug-likeness (QED) is 0.751. The van der Waals surface area contributed by atoms with E-state index in [0.717, 1.165) is 30.0 Å². The van der Waals surface area contributed by atoms with Crippen LogP contribution in [0.15, 0.2) is 22.7 Å². The zero-order chi connectivity index (χ0) is 10.8. The van der Waals surface area contributed by atoms with Crippen LogP contribution in [0, 0.1) is 11.8 Å². The third-order valence-corrected chi connectivity index (χ3v) is 3.89. The zero-order valence-corrected chi connectivity index (χ0v) is 10.5. The number of carbonyl (C=O) groups excluding carboxylic acids is 1. The van der Waals surface area contributed by atoms with E-state index in [0.29, 0.717) is 5.92 Å². The normalized spacial score (nSPS) is 21.9. The molecule has 2 heteroatoms. The Morgan fingerprint density at radius 3 is 3.00 bits per heavy atom. The molecular weight excluding hydrogens is 252 g/mol. The molecule has 0 saturated heterocycles. The van der Waals surface area contributed by atoms with Crippen molar-refractivity contribution in [1.29, 1.82) is 0 Å². The van der Waals surface area contributed by atoms with E-state index in [2.05, 4.69) is 34.1 Å². The van der Waals surface area contributed by atoms with Crippen molar-refractivity contribution in [2.75, 3.05) is 0 Å². The Bertz CT molecular complexity index is 373. The molecule has 0 bridgehead atoms. The maximum absolute atomic E-state index is 10.8. The lowest BCUT2D eigenvalue weighted by molar-refractivity contribution is -0.112. The predicted molar refractivity (Wildman–Crippen MR) is 64.9 cm³/mol. The Labute approximate surface area is 99.0 Å². The van der Waals surface area contributed by atoms with Gasteiger partial charge in [-0.25, -0.2) is 0 Å². The van der Waals surface area contributed by atoms with Gasteiger partial charge in [-0.1, -0.05) is 28.9 Å². The van der Waals surface area contributed by atoms with Gasteiger partial charge in [0.1, 0.15) is 6.29 Å². The van der Waals surface area contributed by atoms with E-state index in [1.54, 1.807) is 0 Å². The Morgan fingerprint density at radius 2 is 2.27 bits per heavy atom. The topological polar surface area (TPSA) is 17.1 Å². The molecular formula is C13H15BrO. The first-order chi connectivity index (χ1) is 7.20. The third-order valence-electron chi connectivity index (χ3n) is 3.39. The predicted octanol–water partition coefficient (Wildman–Crippen LogP) is 3.39. The average Bonchev–Trinajstić information content (AvgIpc) is 2.27. The lowest BCUT2D eigenvalue weighted by Gasteiger charge is -2.26. The highest BCUT2D eigenvalue weighted by atomic mass is 79.9. The van der Waals surface area contributed by atoms with Gasteiger partial charge in [0.05, 0.1) is 0 Å². The van der Waals surface area contributed by atoms with Crippen LogP contribution in [0.1, 0.15) is 24.5 Å². The summed E-state index contributed by atoms with van der Waals surface area (Å²) in [5.41, 5.74) is 2.86. The van der Waals surface area contributed by atoms with Crippen molar-refractivity contribution in [2.24, 2.45) is 11.8 Å². The Balaban J connectivity index is 2.21. The molecule has 0 N–H and O–H groups in total. The molecule has 0 radical (unpaired) electrons. The molecule has 1 nitrogen and oxygen atoms in total. The minimum absolute atomic E-state index is 0.192. The van der Waals surface area contributed by atoms with Crippen LogP contribution in [-0.4, -0.2) is 6.29 Å². The first-order valence-electron chi connectivity index (χ1n) is 5.43. The molecule has 1 aliphatic rings. The molecule has 1 aromatic rings. The van der Waals surface area contributed by atoms with Crippen LogP contribution in [0.25, 0.3) is 0 Å². The van der Waals surface area contributed by atoms with E-state index in [1.807, 2.05) is 6.92 Å². The van der Waals surface area contributed by atoms with Crippen molar-refractivity contribution in [2.45, 2.75) is 26.2 Å². The SMILES string of the molecule is CC(C=O)C1CCc2ccc(Br)cc2C1. The number of aldehydes is 1. The number of aryl methyl sites for hydroxylation is 1. The van der Waals surface area contributed by atoms with Gasteiger partial charge in [0.25, 0.3) is 0 Å². The fraction of sp³-hybridized carbons (Fsp3) is 0.462. The number of benzene rings is 1. The molecule has 0 fully saturated rings. The van der Waals surface area contributed by atoms with E-state index < -0.39 is 0 Å². The van der Waals surface area contributed by atoms with Gasteiger partial charge in [-0.15, -0.1) is 0 Å². The van der Waals surface area contributed by atoms with Gasteiger partial charge in [0.2, 0.25) is 0 Å². The fourth-order valence-electron chi connectivity index (χ4n) is 2.31. The van der Waals surface area contributed by atoms with Crippen molar-refractivity contribution in [3.63, 3.8) is 0 Å². The molecule has 0 amide bonds. The van der Waals surface area contributed by atoms with Gasteiger partial charge < -0.3 is 4.79 Å². The molecule has 0 aliphatic heterocycles. The third kappa shape index (κ3) is 2.31. The summed E-state index contributed by atoms with van der Waals surface area (Å²) in [6.07, 6.45) is 4.41. The molecule has 2 unspecified atom stereocenters. The van der Waals surface area contributed by atoms with Crippen LogP contribution < -0.4 is 0 Å². The van der Waals surface area contributed by atoms with Crippen LogP contribution in [-0.2, 0) is 17.6 Å². The van der Waals surface area contributed by atoms with Gasteiger partial charge in [-0.3, -0.25) is 0 Å².